The van der Waals surface area contributed by atoms with Crippen LogP contribution in [-0.2, 0) is 6.42 Å². The largest absolute Gasteiger partial charge is 0.354 e. The minimum absolute atomic E-state index is 0.747. The van der Waals surface area contributed by atoms with Crippen molar-refractivity contribution in [2.45, 2.75) is 26.2 Å². The van der Waals surface area contributed by atoms with Crippen molar-refractivity contribution >= 4 is 10.9 Å². The Labute approximate surface area is 161 Å². The SMILES string of the molecule is Cc1ccc2[nH]c(-c3ccccc3-c3ccccc3)c(CCCCN)c2c1. The summed E-state index contributed by atoms with van der Waals surface area (Å²) in [5.74, 6) is 0. The van der Waals surface area contributed by atoms with Crippen LogP contribution >= 0.6 is 0 Å². The van der Waals surface area contributed by atoms with Crippen LogP contribution in [0.1, 0.15) is 24.0 Å². The van der Waals surface area contributed by atoms with Crippen LogP contribution in [0.15, 0.2) is 72.8 Å². The summed E-state index contributed by atoms with van der Waals surface area (Å²) in [6, 6.07) is 26.0. The lowest BCUT2D eigenvalue weighted by atomic mass is 9.93. The predicted molar refractivity (Wildman–Crippen MR) is 116 cm³/mol. The Morgan fingerprint density at radius 3 is 2.33 bits per heavy atom. The second-order valence-corrected chi connectivity index (χ2v) is 7.18. The van der Waals surface area contributed by atoms with Crippen molar-refractivity contribution < 1.29 is 0 Å². The minimum Gasteiger partial charge on any atom is -0.354 e. The van der Waals surface area contributed by atoms with Crippen LogP contribution in [0, 0.1) is 6.92 Å². The van der Waals surface area contributed by atoms with Gasteiger partial charge in [-0.25, -0.2) is 0 Å². The average molecular weight is 354 g/mol. The van der Waals surface area contributed by atoms with Gasteiger partial charge in [0.1, 0.15) is 0 Å². The fourth-order valence-corrected chi connectivity index (χ4v) is 3.87. The molecular weight excluding hydrogens is 328 g/mol. The van der Waals surface area contributed by atoms with Gasteiger partial charge >= 0.3 is 0 Å². The molecule has 0 aliphatic rings. The lowest BCUT2D eigenvalue weighted by Crippen LogP contribution is -1.99. The Hall–Kier alpha value is -2.84. The van der Waals surface area contributed by atoms with E-state index in [4.69, 9.17) is 5.73 Å². The molecule has 0 radical (unpaired) electrons. The Morgan fingerprint density at radius 1 is 0.815 bits per heavy atom. The van der Waals surface area contributed by atoms with Gasteiger partial charge in [0, 0.05) is 16.5 Å². The molecule has 2 nitrogen and oxygen atoms in total. The molecule has 3 aromatic carbocycles. The number of aromatic amines is 1. The standard InChI is InChI=1S/C25H26N2/c1-18-14-15-24-23(17-18)22(13-7-8-16-26)25(27-24)21-12-6-5-11-20(21)19-9-3-2-4-10-19/h2-6,9-12,14-15,17,27H,7-8,13,16,26H2,1H3. The van der Waals surface area contributed by atoms with Gasteiger partial charge in [0.2, 0.25) is 0 Å². The fraction of sp³-hybridized carbons (Fsp3) is 0.200. The zero-order valence-corrected chi connectivity index (χ0v) is 15.8. The number of aryl methyl sites for hydroxylation is 2. The molecule has 0 amide bonds. The van der Waals surface area contributed by atoms with Crippen LogP contribution in [-0.4, -0.2) is 11.5 Å². The lowest BCUT2D eigenvalue weighted by Gasteiger charge is -2.11. The van der Waals surface area contributed by atoms with Crippen molar-refractivity contribution in [2.75, 3.05) is 6.54 Å². The van der Waals surface area contributed by atoms with E-state index >= 15 is 0 Å². The Morgan fingerprint density at radius 2 is 1.56 bits per heavy atom. The first-order chi connectivity index (χ1) is 13.3. The molecule has 4 rings (SSSR count). The van der Waals surface area contributed by atoms with Crippen molar-refractivity contribution in [1.82, 2.24) is 4.98 Å². The predicted octanol–water partition coefficient (Wildman–Crippen LogP) is 6.09. The van der Waals surface area contributed by atoms with Crippen molar-refractivity contribution in [2.24, 2.45) is 5.73 Å². The highest BCUT2D eigenvalue weighted by Crippen LogP contribution is 2.37. The molecule has 1 heterocycles. The summed E-state index contributed by atoms with van der Waals surface area (Å²) >= 11 is 0. The van der Waals surface area contributed by atoms with Gasteiger partial charge in [-0.05, 0) is 61.6 Å². The first-order valence-electron chi connectivity index (χ1n) is 9.74. The number of nitrogens with two attached hydrogens (primary N) is 1. The van der Waals surface area contributed by atoms with Gasteiger partial charge in [-0.1, -0.05) is 66.2 Å². The molecular formula is C25H26N2. The number of aromatic nitrogens is 1. The van der Waals surface area contributed by atoms with Crippen molar-refractivity contribution in [3.63, 3.8) is 0 Å². The second-order valence-electron chi connectivity index (χ2n) is 7.18. The first kappa shape index (κ1) is 17.6. The zero-order valence-electron chi connectivity index (χ0n) is 15.8. The summed E-state index contributed by atoms with van der Waals surface area (Å²) in [5.41, 5.74) is 14.7. The molecule has 4 aromatic rings. The van der Waals surface area contributed by atoms with Crippen molar-refractivity contribution in [1.29, 1.82) is 0 Å². The molecule has 0 aliphatic carbocycles. The number of hydrogen-bond donors (Lipinski definition) is 2. The van der Waals surface area contributed by atoms with Gasteiger partial charge in [0.05, 0.1) is 5.69 Å². The zero-order chi connectivity index (χ0) is 18.6. The molecule has 0 saturated heterocycles. The fourth-order valence-electron chi connectivity index (χ4n) is 3.87. The lowest BCUT2D eigenvalue weighted by molar-refractivity contribution is 0.748. The minimum atomic E-state index is 0.747. The first-order valence-corrected chi connectivity index (χ1v) is 9.74. The number of nitrogens with one attached hydrogen (secondary N) is 1. The van der Waals surface area contributed by atoms with Gasteiger partial charge in [0.25, 0.3) is 0 Å². The number of rotatable bonds is 6. The van der Waals surface area contributed by atoms with E-state index in [2.05, 4.69) is 84.7 Å². The van der Waals surface area contributed by atoms with Crippen molar-refractivity contribution in [3.8, 4) is 22.4 Å². The summed E-state index contributed by atoms with van der Waals surface area (Å²) in [6.07, 6.45) is 3.20. The molecule has 0 aliphatic heterocycles. The molecule has 2 heteroatoms. The van der Waals surface area contributed by atoms with Gasteiger partial charge in [-0.2, -0.15) is 0 Å². The van der Waals surface area contributed by atoms with E-state index in [1.807, 2.05) is 0 Å². The Bertz CT molecular complexity index is 1040. The topological polar surface area (TPSA) is 41.8 Å². The van der Waals surface area contributed by atoms with Crippen LogP contribution in [0.3, 0.4) is 0 Å². The normalized spacial score (nSPS) is 11.2. The average Bonchev–Trinajstić information content (AvgIpc) is 3.06. The van der Waals surface area contributed by atoms with Gasteiger partial charge in [0.15, 0.2) is 0 Å². The van der Waals surface area contributed by atoms with E-state index in [0.29, 0.717) is 0 Å². The Kier molecular flexibility index (Phi) is 5.08. The number of unbranched alkanes of at least 4 members (excludes halogenated alkanes) is 1. The second kappa shape index (κ2) is 7.81. The third kappa shape index (κ3) is 3.54. The molecule has 1 aromatic heterocycles. The van der Waals surface area contributed by atoms with E-state index < -0.39 is 0 Å². The van der Waals surface area contributed by atoms with Gasteiger partial charge in [-0.3, -0.25) is 0 Å². The molecule has 0 bridgehead atoms. The van der Waals surface area contributed by atoms with Crippen molar-refractivity contribution in [3.05, 3.63) is 83.9 Å². The molecule has 27 heavy (non-hydrogen) atoms. The van der Waals surface area contributed by atoms with Crippen LogP contribution in [0.25, 0.3) is 33.3 Å². The van der Waals surface area contributed by atoms with E-state index in [9.17, 15) is 0 Å². The van der Waals surface area contributed by atoms with E-state index in [1.54, 1.807) is 0 Å². The van der Waals surface area contributed by atoms with Gasteiger partial charge < -0.3 is 10.7 Å². The molecule has 0 spiro atoms. The number of benzene rings is 3. The third-order valence-corrected chi connectivity index (χ3v) is 5.22. The third-order valence-electron chi connectivity index (χ3n) is 5.22. The number of H-pyrrole nitrogens is 1. The highest BCUT2D eigenvalue weighted by Gasteiger charge is 2.16. The van der Waals surface area contributed by atoms with E-state index in [-0.39, 0.29) is 0 Å². The quantitative estimate of drug-likeness (QED) is 0.404. The monoisotopic (exact) mass is 354 g/mol. The maximum Gasteiger partial charge on any atom is 0.0503 e. The van der Waals surface area contributed by atoms with Crippen LogP contribution in [0.4, 0.5) is 0 Å². The molecule has 0 fully saturated rings. The molecule has 136 valence electrons. The molecule has 3 N–H and O–H groups in total. The Balaban J connectivity index is 1.90. The summed E-state index contributed by atoms with van der Waals surface area (Å²) in [7, 11) is 0. The van der Waals surface area contributed by atoms with Crippen LogP contribution < -0.4 is 5.73 Å². The number of fused-ring (bicyclic) bond motifs is 1. The highest BCUT2D eigenvalue weighted by molar-refractivity contribution is 5.94. The van der Waals surface area contributed by atoms with Crippen LogP contribution in [0.2, 0.25) is 0 Å². The molecule has 0 saturated carbocycles. The van der Waals surface area contributed by atoms with E-state index in [1.165, 1.54) is 44.4 Å². The molecule has 0 atom stereocenters. The summed E-state index contributed by atoms with van der Waals surface area (Å²) in [4.78, 5) is 3.71. The summed E-state index contributed by atoms with van der Waals surface area (Å²) < 4.78 is 0. The summed E-state index contributed by atoms with van der Waals surface area (Å²) in [6.45, 7) is 2.91. The smallest absolute Gasteiger partial charge is 0.0503 e. The highest BCUT2D eigenvalue weighted by atomic mass is 14.7. The maximum absolute atomic E-state index is 5.75. The maximum atomic E-state index is 5.75. The van der Waals surface area contributed by atoms with E-state index in [0.717, 1.165) is 25.8 Å². The number of hydrogen-bond acceptors (Lipinski definition) is 1. The molecule has 0 unspecified atom stereocenters. The van der Waals surface area contributed by atoms with Crippen LogP contribution in [0.5, 0.6) is 0 Å². The summed E-state index contributed by atoms with van der Waals surface area (Å²) in [5, 5.41) is 1.34. The van der Waals surface area contributed by atoms with Gasteiger partial charge in [-0.15, -0.1) is 0 Å².